The first kappa shape index (κ1) is 19.8. The largest absolute Gasteiger partial charge is 0.420 e. The molecule has 29 heavy (non-hydrogen) atoms. The van der Waals surface area contributed by atoms with Crippen molar-refractivity contribution in [1.82, 2.24) is 19.0 Å². The van der Waals surface area contributed by atoms with Crippen LogP contribution in [0.15, 0.2) is 36.8 Å². The van der Waals surface area contributed by atoms with Gasteiger partial charge < -0.3 is 8.94 Å². The third-order valence-corrected chi connectivity index (χ3v) is 7.35. The monoisotopic (exact) mass is 420 g/mol. The molecule has 3 aromatic rings. The van der Waals surface area contributed by atoms with Crippen molar-refractivity contribution in [2.75, 3.05) is 6.54 Å². The van der Waals surface area contributed by atoms with Gasteiger partial charge in [-0.15, -0.1) is 0 Å². The summed E-state index contributed by atoms with van der Waals surface area (Å²) < 4.78 is 39.7. The van der Waals surface area contributed by atoms with Crippen LogP contribution in [-0.2, 0) is 23.0 Å². The van der Waals surface area contributed by atoms with Crippen LogP contribution in [-0.4, -0.2) is 40.0 Å². The van der Waals surface area contributed by atoms with Crippen molar-refractivity contribution in [3.05, 3.63) is 40.5 Å². The van der Waals surface area contributed by atoms with Gasteiger partial charge in [0, 0.05) is 25.1 Å². The van der Waals surface area contributed by atoms with Crippen LogP contribution in [0.5, 0.6) is 0 Å². The van der Waals surface area contributed by atoms with Crippen LogP contribution in [0.3, 0.4) is 0 Å². The molecule has 0 spiro atoms. The smallest absolute Gasteiger partial charge is 0.408 e. The molecule has 0 N–H and O–H groups in total. The van der Waals surface area contributed by atoms with Crippen molar-refractivity contribution < 1.29 is 17.4 Å². The molecule has 4 rings (SSSR count). The van der Waals surface area contributed by atoms with Crippen molar-refractivity contribution in [3.63, 3.8) is 0 Å². The van der Waals surface area contributed by atoms with Gasteiger partial charge in [-0.05, 0) is 31.4 Å². The zero-order valence-corrected chi connectivity index (χ0v) is 17.3. The molecule has 0 amide bonds. The van der Waals surface area contributed by atoms with E-state index in [-0.39, 0.29) is 23.1 Å². The predicted molar refractivity (Wildman–Crippen MR) is 105 cm³/mol. The number of benzene rings is 1. The van der Waals surface area contributed by atoms with E-state index in [2.05, 4.69) is 10.1 Å². The Bertz CT molecular complexity index is 1180. The standard InChI is InChI=1S/C19H24N4O5S/c1-3-13-7-5-6-10-23(13)29(25,26)14-8-9-15-16(11-14)27-19(24)22(15)12-17-20-18(4-2)28-21-17/h8-9,11,13H,3-7,10,12H2,1-2H3/t13-/m1/s1. The molecule has 9 nitrogen and oxygen atoms in total. The number of hydrogen-bond acceptors (Lipinski definition) is 7. The Balaban J connectivity index is 1.69. The minimum Gasteiger partial charge on any atom is -0.408 e. The highest BCUT2D eigenvalue weighted by molar-refractivity contribution is 7.89. The first-order valence-electron chi connectivity index (χ1n) is 9.90. The highest BCUT2D eigenvalue weighted by Crippen LogP contribution is 2.28. The first-order chi connectivity index (χ1) is 13.9. The molecule has 156 valence electrons. The molecule has 2 aromatic heterocycles. The van der Waals surface area contributed by atoms with Gasteiger partial charge in [0.1, 0.15) is 0 Å². The fraction of sp³-hybridized carbons (Fsp3) is 0.526. The molecule has 1 aromatic carbocycles. The second kappa shape index (κ2) is 7.75. The van der Waals surface area contributed by atoms with Crippen LogP contribution in [0.25, 0.3) is 11.1 Å². The van der Waals surface area contributed by atoms with E-state index in [0.29, 0.717) is 30.2 Å². The molecule has 0 saturated carbocycles. The Morgan fingerprint density at radius 1 is 1.24 bits per heavy atom. The van der Waals surface area contributed by atoms with Crippen molar-refractivity contribution in [1.29, 1.82) is 0 Å². The molecule has 3 heterocycles. The minimum absolute atomic E-state index is 0.00653. The van der Waals surface area contributed by atoms with Gasteiger partial charge in [0.15, 0.2) is 11.4 Å². The Morgan fingerprint density at radius 2 is 2.07 bits per heavy atom. The molecular formula is C19H24N4O5S. The van der Waals surface area contributed by atoms with E-state index in [1.165, 1.54) is 16.7 Å². The second-order valence-electron chi connectivity index (χ2n) is 7.22. The molecule has 0 radical (unpaired) electrons. The molecule has 1 fully saturated rings. The van der Waals surface area contributed by atoms with E-state index in [1.807, 2.05) is 13.8 Å². The number of nitrogens with zero attached hydrogens (tertiary/aromatic N) is 4. The van der Waals surface area contributed by atoms with E-state index in [9.17, 15) is 13.2 Å². The maximum absolute atomic E-state index is 13.2. The number of sulfonamides is 1. The van der Waals surface area contributed by atoms with Gasteiger partial charge in [-0.1, -0.05) is 25.4 Å². The van der Waals surface area contributed by atoms with E-state index in [4.69, 9.17) is 8.94 Å². The molecule has 0 bridgehead atoms. The molecule has 0 aliphatic carbocycles. The number of hydrogen-bond donors (Lipinski definition) is 0. The third-order valence-electron chi connectivity index (χ3n) is 5.40. The van der Waals surface area contributed by atoms with Gasteiger partial charge >= 0.3 is 5.76 Å². The quantitative estimate of drug-likeness (QED) is 0.602. The summed E-state index contributed by atoms with van der Waals surface area (Å²) in [4.78, 5) is 16.7. The Hall–Kier alpha value is -2.46. The fourth-order valence-corrected chi connectivity index (χ4v) is 5.61. The topological polar surface area (TPSA) is 111 Å². The number of fused-ring (bicyclic) bond motifs is 1. The van der Waals surface area contributed by atoms with Crippen molar-refractivity contribution >= 4 is 21.1 Å². The lowest BCUT2D eigenvalue weighted by molar-refractivity contribution is 0.246. The molecule has 1 saturated heterocycles. The number of piperidine rings is 1. The fourth-order valence-electron chi connectivity index (χ4n) is 3.83. The van der Waals surface area contributed by atoms with E-state index in [1.54, 1.807) is 10.4 Å². The van der Waals surface area contributed by atoms with Gasteiger partial charge in [0.25, 0.3) is 0 Å². The molecule has 1 aliphatic heterocycles. The lowest BCUT2D eigenvalue weighted by Crippen LogP contribution is -2.43. The van der Waals surface area contributed by atoms with Crippen molar-refractivity contribution in [3.8, 4) is 0 Å². The van der Waals surface area contributed by atoms with E-state index in [0.717, 1.165) is 25.7 Å². The van der Waals surface area contributed by atoms with Gasteiger partial charge in [0.2, 0.25) is 15.9 Å². The molecule has 1 atom stereocenters. The second-order valence-corrected chi connectivity index (χ2v) is 9.11. The average molecular weight is 420 g/mol. The van der Waals surface area contributed by atoms with Crippen molar-refractivity contribution in [2.45, 2.75) is 63.4 Å². The maximum atomic E-state index is 13.2. The number of aromatic nitrogens is 3. The van der Waals surface area contributed by atoms with Crippen LogP contribution in [0.4, 0.5) is 0 Å². The van der Waals surface area contributed by atoms with Gasteiger partial charge in [-0.2, -0.15) is 9.29 Å². The SMILES string of the molecule is CCc1nc(Cn2c(=O)oc3cc(S(=O)(=O)N4CCCC[C@H]4CC)ccc32)no1. The lowest BCUT2D eigenvalue weighted by Gasteiger charge is -2.34. The van der Waals surface area contributed by atoms with Crippen LogP contribution >= 0.6 is 0 Å². The minimum atomic E-state index is -3.65. The third kappa shape index (κ3) is 3.62. The van der Waals surface area contributed by atoms with E-state index < -0.39 is 15.8 Å². The number of rotatable bonds is 6. The number of oxazole rings is 1. The highest BCUT2D eigenvalue weighted by atomic mass is 32.2. The van der Waals surface area contributed by atoms with Crippen LogP contribution in [0.2, 0.25) is 0 Å². The summed E-state index contributed by atoms with van der Waals surface area (Å²) in [6, 6.07) is 4.56. The number of aryl methyl sites for hydroxylation is 1. The first-order valence-corrected chi connectivity index (χ1v) is 11.3. The summed E-state index contributed by atoms with van der Waals surface area (Å²) in [6.07, 6.45) is 4.14. The normalized spacial score (nSPS) is 18.5. The van der Waals surface area contributed by atoms with Gasteiger partial charge in [0.05, 0.1) is 17.0 Å². The predicted octanol–water partition coefficient (Wildman–Crippen LogP) is 2.54. The van der Waals surface area contributed by atoms with Gasteiger partial charge in [-0.25, -0.2) is 13.2 Å². The molecule has 1 aliphatic rings. The van der Waals surface area contributed by atoms with Gasteiger partial charge in [-0.3, -0.25) is 4.57 Å². The molecular weight excluding hydrogens is 396 g/mol. The summed E-state index contributed by atoms with van der Waals surface area (Å²) in [6.45, 7) is 4.50. The maximum Gasteiger partial charge on any atom is 0.420 e. The summed E-state index contributed by atoms with van der Waals surface area (Å²) in [5.74, 6) is 0.255. The highest BCUT2D eigenvalue weighted by Gasteiger charge is 2.33. The summed E-state index contributed by atoms with van der Waals surface area (Å²) in [5.41, 5.74) is 0.711. The molecule has 10 heteroatoms. The van der Waals surface area contributed by atoms with Crippen molar-refractivity contribution in [2.24, 2.45) is 0 Å². The zero-order valence-electron chi connectivity index (χ0n) is 16.5. The Labute approximate surface area is 168 Å². The van der Waals surface area contributed by atoms with Crippen LogP contribution < -0.4 is 5.76 Å². The lowest BCUT2D eigenvalue weighted by atomic mass is 10.0. The average Bonchev–Trinajstić information content (AvgIpc) is 3.31. The summed E-state index contributed by atoms with van der Waals surface area (Å²) in [7, 11) is -3.65. The zero-order chi connectivity index (χ0) is 20.6. The van der Waals surface area contributed by atoms with Crippen LogP contribution in [0, 0.1) is 0 Å². The summed E-state index contributed by atoms with van der Waals surface area (Å²) in [5, 5.41) is 3.86. The summed E-state index contributed by atoms with van der Waals surface area (Å²) >= 11 is 0. The van der Waals surface area contributed by atoms with Crippen LogP contribution in [0.1, 0.15) is 51.2 Å². The van der Waals surface area contributed by atoms with E-state index >= 15 is 0 Å². The Kier molecular flexibility index (Phi) is 5.30. The molecule has 0 unspecified atom stereocenters. The Morgan fingerprint density at radius 3 is 2.79 bits per heavy atom.